The average molecular weight is 417 g/mol. The second-order valence-electron chi connectivity index (χ2n) is 7.34. The highest BCUT2D eigenvalue weighted by molar-refractivity contribution is 5.91. The quantitative estimate of drug-likeness (QED) is 0.395. The number of hydrogen-bond acceptors (Lipinski definition) is 3. The molecule has 0 spiro atoms. The summed E-state index contributed by atoms with van der Waals surface area (Å²) in [6, 6.07) is 22.9. The van der Waals surface area contributed by atoms with Gasteiger partial charge in [-0.1, -0.05) is 48.5 Å². The molecular formula is C26H28N2O3. The van der Waals surface area contributed by atoms with Crippen LogP contribution in [0.15, 0.2) is 83.7 Å². The molecule has 0 fully saturated rings. The van der Waals surface area contributed by atoms with E-state index >= 15 is 0 Å². The zero-order valence-corrected chi connectivity index (χ0v) is 17.8. The van der Waals surface area contributed by atoms with Crippen molar-refractivity contribution >= 4 is 12.0 Å². The number of unbranched alkanes of at least 4 members (excludes halogenated alkanes) is 1. The number of hydrogen-bond donors (Lipinski definition) is 1. The lowest BCUT2D eigenvalue weighted by Crippen LogP contribution is -2.24. The Morgan fingerprint density at radius 1 is 1.00 bits per heavy atom. The topological polar surface area (TPSA) is 60.3 Å². The van der Waals surface area contributed by atoms with Gasteiger partial charge in [0.05, 0.1) is 0 Å². The zero-order valence-electron chi connectivity index (χ0n) is 17.8. The van der Waals surface area contributed by atoms with Crippen molar-refractivity contribution in [2.75, 3.05) is 6.54 Å². The zero-order chi connectivity index (χ0) is 21.9. The van der Waals surface area contributed by atoms with Gasteiger partial charge in [0.1, 0.15) is 12.4 Å². The molecule has 1 heterocycles. The molecule has 1 aromatic heterocycles. The predicted molar refractivity (Wildman–Crippen MR) is 124 cm³/mol. The maximum Gasteiger partial charge on any atom is 0.250 e. The number of nitrogens with one attached hydrogen (secondary N) is 1. The molecule has 0 aliphatic carbocycles. The molecule has 160 valence electrons. The number of aromatic nitrogens is 1. The number of amides is 1. The van der Waals surface area contributed by atoms with Crippen LogP contribution in [0.1, 0.15) is 29.7 Å². The van der Waals surface area contributed by atoms with E-state index in [1.54, 1.807) is 22.8 Å². The molecule has 0 radical (unpaired) electrons. The van der Waals surface area contributed by atoms with Gasteiger partial charge in [-0.15, -0.1) is 0 Å². The first-order valence-electron chi connectivity index (χ1n) is 10.5. The highest BCUT2D eigenvalue weighted by Gasteiger charge is 2.01. The number of nitrogens with zero attached hydrogens (tertiary/aromatic N) is 1. The Hall–Kier alpha value is -3.60. The van der Waals surface area contributed by atoms with Crippen molar-refractivity contribution in [3.05, 3.63) is 106 Å². The molecule has 1 N–H and O–H groups in total. The van der Waals surface area contributed by atoms with Crippen LogP contribution in [0.5, 0.6) is 5.75 Å². The monoisotopic (exact) mass is 416 g/mol. The van der Waals surface area contributed by atoms with Crippen LogP contribution in [0.2, 0.25) is 0 Å². The van der Waals surface area contributed by atoms with Gasteiger partial charge in [-0.3, -0.25) is 9.59 Å². The van der Waals surface area contributed by atoms with Crippen LogP contribution in [0, 0.1) is 6.92 Å². The maximum atomic E-state index is 12.1. The summed E-state index contributed by atoms with van der Waals surface area (Å²) >= 11 is 0. The molecule has 0 aliphatic heterocycles. The first-order valence-corrected chi connectivity index (χ1v) is 10.5. The van der Waals surface area contributed by atoms with Gasteiger partial charge in [0.2, 0.25) is 5.91 Å². The second-order valence-corrected chi connectivity index (χ2v) is 7.34. The lowest BCUT2D eigenvalue weighted by molar-refractivity contribution is -0.116. The lowest BCUT2D eigenvalue weighted by Gasteiger charge is -2.09. The summed E-state index contributed by atoms with van der Waals surface area (Å²) in [5.74, 6) is 0.626. The molecule has 0 bridgehead atoms. The van der Waals surface area contributed by atoms with Crippen molar-refractivity contribution in [3.8, 4) is 5.75 Å². The van der Waals surface area contributed by atoms with E-state index in [4.69, 9.17) is 4.74 Å². The van der Waals surface area contributed by atoms with Crippen LogP contribution in [-0.2, 0) is 17.9 Å². The number of aryl methyl sites for hydroxylation is 1. The number of carbonyl (C=O) groups excluding carboxylic acids is 1. The van der Waals surface area contributed by atoms with Crippen molar-refractivity contribution in [2.24, 2.45) is 0 Å². The van der Waals surface area contributed by atoms with Gasteiger partial charge in [-0.25, -0.2) is 0 Å². The van der Waals surface area contributed by atoms with E-state index in [9.17, 15) is 9.59 Å². The Bertz CT molecular complexity index is 1070. The van der Waals surface area contributed by atoms with Gasteiger partial charge in [0.15, 0.2) is 0 Å². The SMILES string of the molecule is Cc1cccc(=O)n1CCCCNC(=O)/C=C/c1cccc(OCc2ccccc2)c1. The third kappa shape index (κ3) is 7.30. The Morgan fingerprint density at radius 2 is 1.81 bits per heavy atom. The summed E-state index contributed by atoms with van der Waals surface area (Å²) < 4.78 is 7.58. The largest absolute Gasteiger partial charge is 0.489 e. The first kappa shape index (κ1) is 22.1. The standard InChI is InChI=1S/C26H28N2O3/c1-21-9-7-14-26(30)28(21)18-6-5-17-27-25(29)16-15-22-12-8-13-24(19-22)31-20-23-10-3-2-4-11-23/h2-4,7-16,19H,5-6,17-18,20H2,1H3,(H,27,29)/b16-15+. The Kier molecular flexibility index (Phi) is 8.23. The van der Waals surface area contributed by atoms with Gasteiger partial charge in [0.25, 0.3) is 5.56 Å². The third-order valence-electron chi connectivity index (χ3n) is 4.91. The smallest absolute Gasteiger partial charge is 0.250 e. The highest BCUT2D eigenvalue weighted by atomic mass is 16.5. The van der Waals surface area contributed by atoms with Crippen molar-refractivity contribution in [1.82, 2.24) is 9.88 Å². The van der Waals surface area contributed by atoms with Crippen LogP contribution in [0.25, 0.3) is 6.08 Å². The minimum atomic E-state index is -0.135. The molecule has 0 unspecified atom stereocenters. The number of rotatable bonds is 10. The summed E-state index contributed by atoms with van der Waals surface area (Å²) in [5.41, 5.74) is 2.98. The van der Waals surface area contributed by atoms with Crippen LogP contribution < -0.4 is 15.6 Å². The van der Waals surface area contributed by atoms with Crippen molar-refractivity contribution in [3.63, 3.8) is 0 Å². The van der Waals surface area contributed by atoms with E-state index in [-0.39, 0.29) is 11.5 Å². The summed E-state index contributed by atoms with van der Waals surface area (Å²) in [5, 5.41) is 2.89. The molecule has 5 nitrogen and oxygen atoms in total. The molecule has 0 aliphatic rings. The van der Waals surface area contributed by atoms with Gasteiger partial charge in [-0.05, 0) is 55.2 Å². The molecule has 31 heavy (non-hydrogen) atoms. The Labute approximate surface area is 183 Å². The average Bonchev–Trinajstić information content (AvgIpc) is 2.79. The van der Waals surface area contributed by atoms with Crippen molar-refractivity contribution < 1.29 is 9.53 Å². The highest BCUT2D eigenvalue weighted by Crippen LogP contribution is 2.16. The van der Waals surface area contributed by atoms with Crippen molar-refractivity contribution in [1.29, 1.82) is 0 Å². The molecule has 2 aromatic carbocycles. The maximum absolute atomic E-state index is 12.1. The van der Waals surface area contributed by atoms with E-state index in [0.29, 0.717) is 19.7 Å². The molecule has 3 aromatic rings. The molecule has 0 atom stereocenters. The molecule has 3 rings (SSSR count). The van der Waals surface area contributed by atoms with E-state index in [0.717, 1.165) is 35.4 Å². The fourth-order valence-corrected chi connectivity index (χ4v) is 3.20. The van der Waals surface area contributed by atoms with Gasteiger partial charge < -0.3 is 14.6 Å². The normalized spacial score (nSPS) is 10.9. The predicted octanol–water partition coefficient (Wildman–Crippen LogP) is 4.35. The third-order valence-corrected chi connectivity index (χ3v) is 4.91. The summed E-state index contributed by atoms with van der Waals surface area (Å²) in [6.45, 7) is 3.66. The molecule has 5 heteroatoms. The molecular weight excluding hydrogens is 388 g/mol. The van der Waals surface area contributed by atoms with Crippen LogP contribution in [0.3, 0.4) is 0 Å². The van der Waals surface area contributed by atoms with E-state index < -0.39 is 0 Å². The van der Waals surface area contributed by atoms with Gasteiger partial charge in [0, 0.05) is 30.9 Å². The number of pyridine rings is 1. The minimum Gasteiger partial charge on any atom is -0.489 e. The first-order chi connectivity index (χ1) is 15.1. The van der Waals surface area contributed by atoms with Gasteiger partial charge >= 0.3 is 0 Å². The number of benzene rings is 2. The molecule has 0 saturated carbocycles. The second kappa shape index (κ2) is 11.6. The fraction of sp³-hybridized carbons (Fsp3) is 0.231. The minimum absolute atomic E-state index is 0.0157. The van der Waals surface area contributed by atoms with Crippen LogP contribution >= 0.6 is 0 Å². The van der Waals surface area contributed by atoms with Crippen molar-refractivity contribution in [2.45, 2.75) is 32.9 Å². The van der Waals surface area contributed by atoms with E-state index in [1.165, 1.54) is 6.08 Å². The summed E-state index contributed by atoms with van der Waals surface area (Å²) in [7, 11) is 0. The fourth-order valence-electron chi connectivity index (χ4n) is 3.20. The molecule has 1 amide bonds. The summed E-state index contributed by atoms with van der Waals surface area (Å²) in [4.78, 5) is 23.9. The Morgan fingerprint density at radius 3 is 2.61 bits per heavy atom. The molecule has 0 saturated heterocycles. The Balaban J connectivity index is 1.40. The van der Waals surface area contributed by atoms with E-state index in [2.05, 4.69) is 5.32 Å². The number of carbonyl (C=O) groups is 1. The van der Waals surface area contributed by atoms with Crippen LogP contribution in [-0.4, -0.2) is 17.0 Å². The summed E-state index contributed by atoms with van der Waals surface area (Å²) in [6.07, 6.45) is 4.94. The number of ether oxygens (including phenoxy) is 1. The van der Waals surface area contributed by atoms with Crippen LogP contribution in [0.4, 0.5) is 0 Å². The van der Waals surface area contributed by atoms with Gasteiger partial charge in [-0.2, -0.15) is 0 Å². The van der Waals surface area contributed by atoms with E-state index in [1.807, 2.05) is 67.6 Å². The lowest BCUT2D eigenvalue weighted by atomic mass is 10.2.